The van der Waals surface area contributed by atoms with Gasteiger partial charge in [0.2, 0.25) is 0 Å². The summed E-state index contributed by atoms with van der Waals surface area (Å²) in [5.41, 5.74) is 6.23. The molecule has 3 N–H and O–H groups in total. The average Bonchev–Trinajstić information content (AvgIpc) is 2.52. The lowest BCUT2D eigenvalue weighted by molar-refractivity contribution is 0.443. The van der Waals surface area contributed by atoms with Crippen molar-refractivity contribution < 1.29 is 8.78 Å². The van der Waals surface area contributed by atoms with Crippen LogP contribution in [0, 0.1) is 18.6 Å². The van der Waals surface area contributed by atoms with Crippen LogP contribution in [0.1, 0.15) is 24.0 Å². The Balaban J connectivity index is 2.44. The highest BCUT2D eigenvalue weighted by atomic mass is 19.1. The van der Waals surface area contributed by atoms with Gasteiger partial charge in [-0.2, -0.15) is 0 Å². The molecule has 1 aromatic rings. The molecule has 0 bridgehead atoms. The minimum atomic E-state index is -0.525. The Kier molecular flexibility index (Phi) is 2.72. The molecule has 4 heteroatoms. The van der Waals surface area contributed by atoms with Crippen molar-refractivity contribution in [2.75, 3.05) is 13.1 Å². The number of rotatable bonds is 1. The molecule has 88 valence electrons. The van der Waals surface area contributed by atoms with Crippen LogP contribution in [-0.4, -0.2) is 18.6 Å². The summed E-state index contributed by atoms with van der Waals surface area (Å²) >= 11 is 0. The first-order chi connectivity index (χ1) is 7.42. The fraction of sp³-hybridized carbons (Fsp3) is 0.500. The maximum atomic E-state index is 13.8. The van der Waals surface area contributed by atoms with E-state index < -0.39 is 5.54 Å². The number of hydrogen-bond donors (Lipinski definition) is 2. The van der Waals surface area contributed by atoms with Crippen LogP contribution in [0.25, 0.3) is 0 Å². The van der Waals surface area contributed by atoms with Gasteiger partial charge in [0.25, 0.3) is 0 Å². The summed E-state index contributed by atoms with van der Waals surface area (Å²) in [5.74, 6) is -0.925. The van der Waals surface area contributed by atoms with Crippen LogP contribution < -0.4 is 11.1 Å². The maximum Gasteiger partial charge on any atom is 0.127 e. The molecule has 2 rings (SSSR count). The van der Waals surface area contributed by atoms with Gasteiger partial charge in [0.05, 0.1) is 0 Å². The highest BCUT2D eigenvalue weighted by Crippen LogP contribution is 2.32. The van der Waals surface area contributed by atoms with Gasteiger partial charge in [0.1, 0.15) is 11.6 Å². The molecule has 0 saturated carbocycles. The fourth-order valence-corrected chi connectivity index (χ4v) is 2.24. The standard InChI is InChI=1S/C12H16F2N2/c1-7-3-11(14)8(4-10(7)13)9-5-16-6-12(9,2)15/h3-4,9,16H,5-6,15H2,1-2H3. The van der Waals surface area contributed by atoms with Crippen LogP contribution >= 0.6 is 0 Å². The van der Waals surface area contributed by atoms with Crippen LogP contribution in [0.15, 0.2) is 12.1 Å². The largest absolute Gasteiger partial charge is 0.324 e. The van der Waals surface area contributed by atoms with E-state index in [0.717, 1.165) is 0 Å². The van der Waals surface area contributed by atoms with E-state index in [-0.39, 0.29) is 17.6 Å². The summed E-state index contributed by atoms with van der Waals surface area (Å²) in [6.45, 7) is 4.62. The molecule has 0 amide bonds. The molecule has 0 aromatic heterocycles. The predicted octanol–water partition coefficient (Wildman–Crippen LogP) is 1.68. The molecule has 1 aromatic carbocycles. The molecule has 2 nitrogen and oxygen atoms in total. The lowest BCUT2D eigenvalue weighted by Gasteiger charge is -2.26. The van der Waals surface area contributed by atoms with E-state index in [0.29, 0.717) is 24.2 Å². The molecule has 1 saturated heterocycles. The normalized spacial score (nSPS) is 29.7. The van der Waals surface area contributed by atoms with Gasteiger partial charge < -0.3 is 11.1 Å². The van der Waals surface area contributed by atoms with Crippen LogP contribution in [0.2, 0.25) is 0 Å². The lowest BCUT2D eigenvalue weighted by atomic mass is 9.84. The van der Waals surface area contributed by atoms with Crippen molar-refractivity contribution in [2.24, 2.45) is 5.73 Å². The second-order valence-corrected chi connectivity index (χ2v) is 4.81. The molecule has 2 unspecified atom stereocenters. The van der Waals surface area contributed by atoms with Gasteiger partial charge in [-0.25, -0.2) is 8.78 Å². The quantitative estimate of drug-likeness (QED) is 0.764. The summed E-state index contributed by atoms with van der Waals surface area (Å²) < 4.78 is 27.2. The number of nitrogens with one attached hydrogen (secondary N) is 1. The predicted molar refractivity (Wildman–Crippen MR) is 59.3 cm³/mol. The van der Waals surface area contributed by atoms with Crippen LogP contribution in [0.5, 0.6) is 0 Å². The van der Waals surface area contributed by atoms with E-state index in [1.54, 1.807) is 6.92 Å². The molecular weight excluding hydrogens is 210 g/mol. The zero-order valence-corrected chi connectivity index (χ0v) is 9.48. The lowest BCUT2D eigenvalue weighted by Crippen LogP contribution is -2.43. The number of aryl methyl sites for hydroxylation is 1. The van der Waals surface area contributed by atoms with E-state index >= 15 is 0 Å². The molecule has 16 heavy (non-hydrogen) atoms. The second kappa shape index (κ2) is 3.79. The van der Waals surface area contributed by atoms with Crippen LogP contribution in [0.4, 0.5) is 8.78 Å². The summed E-state index contributed by atoms with van der Waals surface area (Å²) in [5, 5.41) is 3.11. The van der Waals surface area contributed by atoms with Crippen LogP contribution in [0.3, 0.4) is 0 Å². The first kappa shape index (κ1) is 11.5. The van der Waals surface area contributed by atoms with E-state index in [9.17, 15) is 8.78 Å². The molecule has 1 aliphatic rings. The Morgan fingerprint density at radius 3 is 2.62 bits per heavy atom. The average molecular weight is 226 g/mol. The number of benzene rings is 1. The van der Waals surface area contributed by atoms with Crippen molar-refractivity contribution in [3.8, 4) is 0 Å². The van der Waals surface area contributed by atoms with E-state index in [4.69, 9.17) is 5.73 Å². The van der Waals surface area contributed by atoms with E-state index in [2.05, 4.69) is 5.32 Å². The Hall–Kier alpha value is -1.00. The summed E-state index contributed by atoms with van der Waals surface area (Å²) in [6.07, 6.45) is 0. The Morgan fingerprint density at radius 1 is 1.38 bits per heavy atom. The van der Waals surface area contributed by atoms with Crippen molar-refractivity contribution in [1.29, 1.82) is 0 Å². The maximum absolute atomic E-state index is 13.8. The van der Waals surface area contributed by atoms with Gasteiger partial charge in [0, 0.05) is 24.5 Å². The van der Waals surface area contributed by atoms with Gasteiger partial charge in [0.15, 0.2) is 0 Å². The van der Waals surface area contributed by atoms with Crippen molar-refractivity contribution in [3.05, 3.63) is 34.9 Å². The number of halogens is 2. The molecule has 1 heterocycles. The first-order valence-corrected chi connectivity index (χ1v) is 5.37. The number of nitrogens with two attached hydrogens (primary N) is 1. The molecule has 2 atom stereocenters. The highest BCUT2D eigenvalue weighted by molar-refractivity contribution is 5.32. The molecule has 0 radical (unpaired) electrons. The second-order valence-electron chi connectivity index (χ2n) is 4.81. The van der Waals surface area contributed by atoms with Gasteiger partial charge in [-0.1, -0.05) is 0 Å². The Labute approximate surface area is 93.8 Å². The number of hydrogen-bond acceptors (Lipinski definition) is 2. The van der Waals surface area contributed by atoms with E-state index in [1.165, 1.54) is 12.1 Å². The Morgan fingerprint density at radius 2 is 2.06 bits per heavy atom. The van der Waals surface area contributed by atoms with Crippen molar-refractivity contribution in [1.82, 2.24) is 5.32 Å². The highest BCUT2D eigenvalue weighted by Gasteiger charge is 2.37. The minimum absolute atomic E-state index is 0.178. The zero-order chi connectivity index (χ0) is 11.9. The zero-order valence-electron chi connectivity index (χ0n) is 9.48. The topological polar surface area (TPSA) is 38.0 Å². The van der Waals surface area contributed by atoms with E-state index in [1.807, 2.05) is 6.92 Å². The SMILES string of the molecule is Cc1cc(F)c(C2CNCC2(C)N)cc1F. The van der Waals surface area contributed by atoms with Crippen molar-refractivity contribution in [2.45, 2.75) is 25.3 Å². The third kappa shape index (κ3) is 1.83. The molecule has 0 spiro atoms. The monoisotopic (exact) mass is 226 g/mol. The minimum Gasteiger partial charge on any atom is -0.324 e. The fourth-order valence-electron chi connectivity index (χ4n) is 2.24. The van der Waals surface area contributed by atoms with Gasteiger partial charge >= 0.3 is 0 Å². The summed E-state index contributed by atoms with van der Waals surface area (Å²) in [4.78, 5) is 0. The summed E-state index contributed by atoms with van der Waals surface area (Å²) in [6, 6.07) is 2.51. The third-order valence-corrected chi connectivity index (χ3v) is 3.30. The van der Waals surface area contributed by atoms with Gasteiger partial charge in [-0.3, -0.25) is 0 Å². The van der Waals surface area contributed by atoms with Crippen molar-refractivity contribution in [3.63, 3.8) is 0 Å². The first-order valence-electron chi connectivity index (χ1n) is 5.37. The summed E-state index contributed by atoms with van der Waals surface area (Å²) in [7, 11) is 0. The smallest absolute Gasteiger partial charge is 0.127 e. The molecule has 1 fully saturated rings. The molecule has 1 aliphatic heterocycles. The third-order valence-electron chi connectivity index (χ3n) is 3.30. The van der Waals surface area contributed by atoms with Gasteiger partial charge in [-0.05, 0) is 37.1 Å². The molecule has 0 aliphatic carbocycles. The Bertz CT molecular complexity index is 416. The van der Waals surface area contributed by atoms with Crippen LogP contribution in [-0.2, 0) is 0 Å². The molecular formula is C12H16F2N2. The van der Waals surface area contributed by atoms with Gasteiger partial charge in [-0.15, -0.1) is 0 Å². The van der Waals surface area contributed by atoms with Crippen molar-refractivity contribution >= 4 is 0 Å².